The highest BCUT2D eigenvalue weighted by Gasteiger charge is 2.10. The highest BCUT2D eigenvalue weighted by molar-refractivity contribution is 5.75. The molecule has 2 aromatic rings. The lowest BCUT2D eigenvalue weighted by Crippen LogP contribution is -2.06. The third-order valence-corrected chi connectivity index (χ3v) is 3.65. The van der Waals surface area contributed by atoms with Crippen LogP contribution in [0.3, 0.4) is 0 Å². The summed E-state index contributed by atoms with van der Waals surface area (Å²) in [7, 11) is 3.07. The number of carbonyl (C=O) groups is 1. The average Bonchev–Trinajstić information content (AvgIpc) is 2.50. The number of methoxy groups -OCH3 is 2. The van der Waals surface area contributed by atoms with Crippen molar-refractivity contribution in [2.24, 2.45) is 0 Å². The van der Waals surface area contributed by atoms with Crippen LogP contribution in [0.4, 0.5) is 0 Å². The molecule has 0 heterocycles. The Morgan fingerprint density at radius 3 is 2.24 bits per heavy atom. The highest BCUT2D eigenvalue weighted by atomic mass is 16.5. The van der Waals surface area contributed by atoms with Gasteiger partial charge in [0.2, 0.25) is 0 Å². The maximum absolute atomic E-state index is 11.4. The minimum atomic E-state index is -0.213. The molecule has 3 heteroatoms. The van der Waals surface area contributed by atoms with E-state index in [0.29, 0.717) is 6.42 Å². The fourth-order valence-electron chi connectivity index (χ4n) is 2.38. The number of carbonyl (C=O) groups excluding carboxylic acids is 1. The van der Waals surface area contributed by atoms with Gasteiger partial charge in [0, 0.05) is 0 Å². The van der Waals surface area contributed by atoms with Crippen LogP contribution in [0.1, 0.15) is 16.7 Å². The van der Waals surface area contributed by atoms with Gasteiger partial charge in [0.15, 0.2) is 0 Å². The molecule has 0 aliphatic rings. The van der Waals surface area contributed by atoms with Gasteiger partial charge in [-0.1, -0.05) is 24.3 Å². The molecule has 2 rings (SSSR count). The third-order valence-electron chi connectivity index (χ3n) is 3.65. The maximum Gasteiger partial charge on any atom is 0.309 e. The van der Waals surface area contributed by atoms with Crippen molar-refractivity contribution < 1.29 is 14.3 Å². The van der Waals surface area contributed by atoms with Crippen LogP contribution in [-0.4, -0.2) is 20.2 Å². The Bertz CT molecular complexity index is 642. The monoisotopic (exact) mass is 284 g/mol. The minimum Gasteiger partial charge on any atom is -0.497 e. The zero-order valence-corrected chi connectivity index (χ0v) is 12.9. The van der Waals surface area contributed by atoms with Crippen molar-refractivity contribution in [3.63, 3.8) is 0 Å². The lowest BCUT2D eigenvalue weighted by molar-refractivity contribution is -0.139. The van der Waals surface area contributed by atoms with Crippen LogP contribution in [0.15, 0.2) is 36.4 Å². The molecular formula is C18H20O3. The zero-order valence-electron chi connectivity index (χ0n) is 12.9. The van der Waals surface area contributed by atoms with Crippen molar-refractivity contribution in [2.45, 2.75) is 20.3 Å². The predicted molar refractivity (Wildman–Crippen MR) is 83.6 cm³/mol. The number of esters is 1. The van der Waals surface area contributed by atoms with Crippen LogP contribution in [0.25, 0.3) is 11.1 Å². The lowest BCUT2D eigenvalue weighted by atomic mass is 9.94. The summed E-state index contributed by atoms with van der Waals surface area (Å²) in [5.41, 5.74) is 5.56. The topological polar surface area (TPSA) is 35.5 Å². The summed E-state index contributed by atoms with van der Waals surface area (Å²) >= 11 is 0. The van der Waals surface area contributed by atoms with E-state index >= 15 is 0 Å². The quantitative estimate of drug-likeness (QED) is 0.803. The Labute approximate surface area is 125 Å². The van der Waals surface area contributed by atoms with Gasteiger partial charge in [-0.15, -0.1) is 0 Å². The van der Waals surface area contributed by atoms with Crippen LogP contribution < -0.4 is 4.74 Å². The molecule has 0 bridgehead atoms. The van der Waals surface area contributed by atoms with Crippen LogP contribution >= 0.6 is 0 Å². The molecule has 0 amide bonds. The summed E-state index contributed by atoms with van der Waals surface area (Å²) in [6.07, 6.45) is 0.312. The van der Waals surface area contributed by atoms with E-state index in [0.717, 1.165) is 28.0 Å². The molecular weight excluding hydrogens is 264 g/mol. The Morgan fingerprint density at radius 1 is 1.00 bits per heavy atom. The van der Waals surface area contributed by atoms with E-state index in [4.69, 9.17) is 9.47 Å². The van der Waals surface area contributed by atoms with Crippen LogP contribution in [0.2, 0.25) is 0 Å². The summed E-state index contributed by atoms with van der Waals surface area (Å²) in [4.78, 5) is 11.4. The SMILES string of the molecule is COC(=O)Cc1cc(C)c(-c2ccc(OC)cc2)cc1C. The van der Waals surface area contributed by atoms with E-state index in [1.807, 2.05) is 31.2 Å². The van der Waals surface area contributed by atoms with E-state index in [9.17, 15) is 4.79 Å². The van der Waals surface area contributed by atoms with Crippen LogP contribution in [0, 0.1) is 13.8 Å². The number of rotatable bonds is 4. The van der Waals surface area contributed by atoms with Crippen molar-refractivity contribution in [2.75, 3.05) is 14.2 Å². The first-order valence-corrected chi connectivity index (χ1v) is 6.86. The first-order chi connectivity index (χ1) is 10.0. The van der Waals surface area contributed by atoms with E-state index in [1.54, 1.807) is 7.11 Å². The molecule has 3 nitrogen and oxygen atoms in total. The van der Waals surface area contributed by atoms with E-state index in [1.165, 1.54) is 12.7 Å². The first kappa shape index (κ1) is 15.1. The standard InChI is InChI=1S/C18H20O3/c1-12-10-17(14-5-7-16(20-3)8-6-14)13(2)9-15(12)11-18(19)21-4/h5-10H,11H2,1-4H3. The van der Waals surface area contributed by atoms with Crippen molar-refractivity contribution in [3.8, 4) is 16.9 Å². The number of hydrogen-bond acceptors (Lipinski definition) is 3. The lowest BCUT2D eigenvalue weighted by Gasteiger charge is -2.12. The Balaban J connectivity index is 2.36. The van der Waals surface area contributed by atoms with Gasteiger partial charge in [0.05, 0.1) is 20.6 Å². The van der Waals surface area contributed by atoms with Gasteiger partial charge in [-0.25, -0.2) is 0 Å². The smallest absolute Gasteiger partial charge is 0.309 e. The maximum atomic E-state index is 11.4. The predicted octanol–water partition coefficient (Wildman–Crippen LogP) is 3.69. The minimum absolute atomic E-state index is 0.213. The molecule has 21 heavy (non-hydrogen) atoms. The van der Waals surface area contributed by atoms with E-state index in [-0.39, 0.29) is 5.97 Å². The summed E-state index contributed by atoms with van der Waals surface area (Å²) in [5, 5.41) is 0. The summed E-state index contributed by atoms with van der Waals surface area (Å²) in [6, 6.07) is 12.2. The Morgan fingerprint density at radius 2 is 1.67 bits per heavy atom. The number of hydrogen-bond donors (Lipinski definition) is 0. The molecule has 0 N–H and O–H groups in total. The Kier molecular flexibility index (Phi) is 4.63. The average molecular weight is 284 g/mol. The number of ether oxygens (including phenoxy) is 2. The second-order valence-corrected chi connectivity index (χ2v) is 5.08. The normalized spacial score (nSPS) is 10.3. The van der Waals surface area contributed by atoms with Crippen molar-refractivity contribution >= 4 is 5.97 Å². The molecule has 0 atom stereocenters. The zero-order chi connectivity index (χ0) is 15.4. The molecule has 110 valence electrons. The molecule has 0 saturated carbocycles. The molecule has 0 aliphatic carbocycles. The Hall–Kier alpha value is -2.29. The van der Waals surface area contributed by atoms with Gasteiger partial charge in [-0.05, 0) is 53.8 Å². The van der Waals surface area contributed by atoms with E-state index in [2.05, 4.69) is 19.1 Å². The number of benzene rings is 2. The van der Waals surface area contributed by atoms with E-state index < -0.39 is 0 Å². The molecule has 0 aliphatic heterocycles. The second-order valence-electron chi connectivity index (χ2n) is 5.08. The van der Waals surface area contributed by atoms with Crippen molar-refractivity contribution in [3.05, 3.63) is 53.1 Å². The molecule has 0 saturated heterocycles. The fourth-order valence-corrected chi connectivity index (χ4v) is 2.38. The van der Waals surface area contributed by atoms with Crippen LogP contribution in [0.5, 0.6) is 5.75 Å². The summed E-state index contributed by atoms with van der Waals surface area (Å²) < 4.78 is 9.92. The fraction of sp³-hybridized carbons (Fsp3) is 0.278. The number of aryl methyl sites for hydroxylation is 2. The highest BCUT2D eigenvalue weighted by Crippen LogP contribution is 2.28. The first-order valence-electron chi connectivity index (χ1n) is 6.86. The molecule has 0 spiro atoms. The van der Waals surface area contributed by atoms with Crippen LogP contribution in [-0.2, 0) is 16.0 Å². The molecule has 0 aromatic heterocycles. The third kappa shape index (κ3) is 3.43. The van der Waals surface area contributed by atoms with Gasteiger partial charge in [0.25, 0.3) is 0 Å². The van der Waals surface area contributed by atoms with Gasteiger partial charge in [-0.2, -0.15) is 0 Å². The largest absolute Gasteiger partial charge is 0.497 e. The second kappa shape index (κ2) is 6.44. The van der Waals surface area contributed by atoms with Gasteiger partial charge < -0.3 is 9.47 Å². The molecule has 0 unspecified atom stereocenters. The van der Waals surface area contributed by atoms with Gasteiger partial charge in [0.1, 0.15) is 5.75 Å². The van der Waals surface area contributed by atoms with Crippen molar-refractivity contribution in [1.82, 2.24) is 0 Å². The summed E-state index contributed by atoms with van der Waals surface area (Å²) in [6.45, 7) is 4.07. The molecule has 2 aromatic carbocycles. The molecule has 0 fully saturated rings. The van der Waals surface area contributed by atoms with Gasteiger partial charge in [-0.3, -0.25) is 4.79 Å². The molecule has 0 radical (unpaired) electrons. The van der Waals surface area contributed by atoms with Gasteiger partial charge >= 0.3 is 5.97 Å². The summed E-state index contributed by atoms with van der Waals surface area (Å²) in [5.74, 6) is 0.630. The van der Waals surface area contributed by atoms with Crippen molar-refractivity contribution in [1.29, 1.82) is 0 Å².